The molecule has 0 saturated heterocycles. The third-order valence-corrected chi connectivity index (χ3v) is 5.01. The Kier molecular flexibility index (Phi) is 14.0. The zero-order valence-electron chi connectivity index (χ0n) is 22.9. The molecule has 0 unspecified atom stereocenters. The maximum atomic E-state index is 11.8. The second kappa shape index (κ2) is 15.6. The van der Waals surface area contributed by atoms with Gasteiger partial charge in [0.25, 0.3) is 0 Å². The van der Waals surface area contributed by atoms with Crippen molar-refractivity contribution in [2.75, 3.05) is 0 Å². The average Bonchev–Trinajstić information content (AvgIpc) is 3.27. The summed E-state index contributed by atoms with van der Waals surface area (Å²) >= 11 is 0. The van der Waals surface area contributed by atoms with E-state index in [1.54, 1.807) is 39.0 Å². The van der Waals surface area contributed by atoms with Crippen molar-refractivity contribution in [2.45, 2.75) is 85.5 Å². The molecule has 2 amide bonds. The number of nitrogens with one attached hydrogen (secondary N) is 2. The molecule has 0 spiro atoms. The molecule has 39 heavy (non-hydrogen) atoms. The van der Waals surface area contributed by atoms with Crippen LogP contribution < -0.4 is 10.6 Å². The summed E-state index contributed by atoms with van der Waals surface area (Å²) in [6.45, 7) is 14.2. The number of hydrogen-bond acceptors (Lipinski definition) is 8. The summed E-state index contributed by atoms with van der Waals surface area (Å²) < 4.78 is 10.1. The number of fused-ring (bicyclic) bond motifs is 1. The summed E-state index contributed by atoms with van der Waals surface area (Å²) in [6.07, 6.45) is 10.5. The van der Waals surface area contributed by atoms with Gasteiger partial charge in [0.2, 0.25) is 0 Å². The van der Waals surface area contributed by atoms with Crippen LogP contribution in [0.4, 0.5) is 9.59 Å². The lowest BCUT2D eigenvalue weighted by molar-refractivity contribution is -0.123. The van der Waals surface area contributed by atoms with E-state index in [4.69, 9.17) is 9.47 Å². The molecule has 0 aromatic heterocycles. The lowest BCUT2D eigenvalue weighted by Gasteiger charge is -2.29. The molecule has 0 aromatic carbocycles. The third kappa shape index (κ3) is 14.1. The van der Waals surface area contributed by atoms with E-state index in [0.717, 1.165) is 0 Å². The van der Waals surface area contributed by atoms with E-state index in [0.29, 0.717) is 6.42 Å². The first-order valence-electron chi connectivity index (χ1n) is 12.2. The zero-order valence-corrected chi connectivity index (χ0v) is 22.9. The number of rotatable bonds is 3. The van der Waals surface area contributed by atoms with Crippen LogP contribution in [-0.4, -0.2) is 52.6 Å². The molecule has 0 heterocycles. The van der Waals surface area contributed by atoms with E-state index in [1.165, 1.54) is 18.4 Å². The fraction of sp³-hybridized carbons (Fsp3) is 0.517. The number of ketones is 4. The fourth-order valence-corrected chi connectivity index (χ4v) is 3.61. The van der Waals surface area contributed by atoms with E-state index in [1.807, 2.05) is 26.8 Å². The number of carbonyl (C=O) groups is 6. The SMILES string of the molecule is C.C=C/C=C/NC(=O)OC(C)(C)C.CC(C)(C)OC(=O)N[C@@H]1C=CC[C@@H]2C(=O)CC(=O)[C@@H]21.O=C1C=CC(=O)C1. The predicted molar refractivity (Wildman–Crippen MR) is 148 cm³/mol. The second-order valence-corrected chi connectivity index (χ2v) is 10.8. The molecule has 1 fully saturated rings. The first-order chi connectivity index (χ1) is 17.5. The van der Waals surface area contributed by atoms with Crippen molar-refractivity contribution in [1.82, 2.24) is 10.6 Å². The molecule has 216 valence electrons. The largest absolute Gasteiger partial charge is 0.444 e. The molecule has 3 rings (SSSR count). The quantitative estimate of drug-likeness (QED) is 0.298. The molecule has 0 bridgehead atoms. The first-order valence-corrected chi connectivity index (χ1v) is 12.2. The molecule has 3 aliphatic rings. The molecule has 2 N–H and O–H groups in total. The van der Waals surface area contributed by atoms with Crippen LogP contribution in [0, 0.1) is 11.8 Å². The van der Waals surface area contributed by atoms with Crippen LogP contribution in [0.2, 0.25) is 0 Å². The summed E-state index contributed by atoms with van der Waals surface area (Å²) in [7, 11) is 0. The molecule has 10 heteroatoms. The average molecular weight is 547 g/mol. The van der Waals surface area contributed by atoms with E-state index >= 15 is 0 Å². The van der Waals surface area contributed by atoms with Crippen molar-refractivity contribution in [3.8, 4) is 0 Å². The number of Topliss-reactive ketones (excluding diaryl/α,β-unsaturated/α-hetero) is 2. The molecule has 3 aliphatic carbocycles. The van der Waals surface area contributed by atoms with Crippen LogP contribution in [0.1, 0.15) is 68.2 Å². The molecular formula is C29H42N2O8. The first kappa shape index (κ1) is 35.2. The Morgan fingerprint density at radius 1 is 0.897 bits per heavy atom. The van der Waals surface area contributed by atoms with E-state index in [-0.39, 0.29) is 49.3 Å². The van der Waals surface area contributed by atoms with Gasteiger partial charge in [0, 0.05) is 12.1 Å². The number of alkyl carbamates (subject to hydrolysis) is 2. The fourth-order valence-electron chi connectivity index (χ4n) is 3.61. The van der Waals surface area contributed by atoms with Crippen molar-refractivity contribution >= 4 is 35.3 Å². The van der Waals surface area contributed by atoms with Crippen LogP contribution in [0.25, 0.3) is 0 Å². The Bertz CT molecular complexity index is 1010. The van der Waals surface area contributed by atoms with Gasteiger partial charge < -0.3 is 14.8 Å². The summed E-state index contributed by atoms with van der Waals surface area (Å²) in [4.78, 5) is 66.5. The van der Waals surface area contributed by atoms with Crippen LogP contribution in [-0.2, 0) is 28.7 Å². The standard InChI is InChI=1S/C14H19NO4.C9H15NO2.C5H4O2.CH4/c1-14(2,3)19-13(18)15-9-6-4-5-8-10(16)7-11(17)12(8)9;1-5-6-7-10-8(11)12-9(2,3)4;6-4-1-2-5(7)3-4;/h4,6,8-9,12H,5,7H2,1-3H3,(H,15,18);5-7H,1H2,2-4H3,(H,10,11);1-2H,3H2;1H4/b;7-6+;;/t8-,9-,12+;;;/m1.../s1. The topological polar surface area (TPSA) is 145 Å². The third-order valence-electron chi connectivity index (χ3n) is 5.01. The highest BCUT2D eigenvalue weighted by molar-refractivity contribution is 6.16. The van der Waals surface area contributed by atoms with Crippen molar-refractivity contribution < 1.29 is 38.2 Å². The minimum atomic E-state index is -0.586. The van der Waals surface area contributed by atoms with Gasteiger partial charge in [0.15, 0.2) is 11.6 Å². The Morgan fingerprint density at radius 3 is 1.90 bits per heavy atom. The van der Waals surface area contributed by atoms with Gasteiger partial charge in [-0.3, -0.25) is 24.5 Å². The number of carbonyl (C=O) groups excluding carboxylic acids is 6. The van der Waals surface area contributed by atoms with Gasteiger partial charge in [-0.25, -0.2) is 9.59 Å². The van der Waals surface area contributed by atoms with Crippen LogP contribution in [0.3, 0.4) is 0 Å². The van der Waals surface area contributed by atoms with Crippen molar-refractivity contribution in [3.63, 3.8) is 0 Å². The Balaban J connectivity index is 0.000000618. The summed E-state index contributed by atoms with van der Waals surface area (Å²) in [5.41, 5.74) is -1.04. The normalized spacial score (nSPS) is 21.5. The van der Waals surface area contributed by atoms with Crippen molar-refractivity contribution in [1.29, 1.82) is 0 Å². The highest BCUT2D eigenvalue weighted by Gasteiger charge is 2.46. The lowest BCUT2D eigenvalue weighted by atomic mass is 9.81. The van der Waals surface area contributed by atoms with Gasteiger partial charge in [0.05, 0.1) is 24.8 Å². The monoisotopic (exact) mass is 546 g/mol. The minimum Gasteiger partial charge on any atom is -0.444 e. The van der Waals surface area contributed by atoms with Crippen molar-refractivity contribution in [2.24, 2.45) is 11.8 Å². The number of ether oxygens (including phenoxy) is 2. The second-order valence-electron chi connectivity index (χ2n) is 10.8. The summed E-state index contributed by atoms with van der Waals surface area (Å²) in [5, 5.41) is 5.10. The molecule has 0 aromatic rings. The number of hydrogen-bond donors (Lipinski definition) is 2. The number of amides is 2. The lowest BCUT2D eigenvalue weighted by Crippen LogP contribution is -2.46. The Morgan fingerprint density at radius 2 is 1.44 bits per heavy atom. The van der Waals surface area contributed by atoms with Gasteiger partial charge in [-0.15, -0.1) is 0 Å². The summed E-state index contributed by atoms with van der Waals surface area (Å²) in [6, 6.07) is -0.437. The van der Waals surface area contributed by atoms with Crippen LogP contribution in [0.15, 0.2) is 49.2 Å². The molecule has 3 atom stereocenters. The Labute approximate surface area is 230 Å². The Hall–Kier alpha value is -3.82. The minimum absolute atomic E-state index is 0. The van der Waals surface area contributed by atoms with Gasteiger partial charge in [0.1, 0.15) is 22.8 Å². The molecular weight excluding hydrogens is 504 g/mol. The molecule has 0 aliphatic heterocycles. The number of allylic oxidation sites excluding steroid dienone is 5. The van der Waals surface area contributed by atoms with Gasteiger partial charge in [-0.2, -0.15) is 0 Å². The van der Waals surface area contributed by atoms with Crippen LogP contribution in [0.5, 0.6) is 0 Å². The molecule has 10 nitrogen and oxygen atoms in total. The van der Waals surface area contributed by atoms with Crippen LogP contribution >= 0.6 is 0 Å². The molecule has 1 saturated carbocycles. The van der Waals surface area contributed by atoms with Crippen molar-refractivity contribution in [3.05, 3.63) is 49.2 Å². The zero-order chi connectivity index (χ0) is 29.1. The highest BCUT2D eigenvalue weighted by atomic mass is 16.6. The van der Waals surface area contributed by atoms with E-state index in [2.05, 4.69) is 17.2 Å². The highest BCUT2D eigenvalue weighted by Crippen LogP contribution is 2.35. The molecule has 0 radical (unpaired) electrons. The van der Waals surface area contributed by atoms with E-state index < -0.39 is 35.3 Å². The smallest absolute Gasteiger partial charge is 0.411 e. The maximum absolute atomic E-state index is 11.8. The van der Waals surface area contributed by atoms with Gasteiger partial charge >= 0.3 is 12.2 Å². The van der Waals surface area contributed by atoms with Gasteiger partial charge in [-0.1, -0.05) is 32.2 Å². The maximum Gasteiger partial charge on any atom is 0.411 e. The predicted octanol–water partition coefficient (Wildman–Crippen LogP) is 4.55. The summed E-state index contributed by atoms with van der Waals surface area (Å²) in [5.74, 6) is -0.965. The van der Waals surface area contributed by atoms with Gasteiger partial charge in [-0.05, 0) is 66.2 Å². The van der Waals surface area contributed by atoms with E-state index in [9.17, 15) is 28.8 Å².